The molecule has 0 unspecified atom stereocenters. The van der Waals surface area contributed by atoms with E-state index in [0.717, 1.165) is 71.2 Å². The van der Waals surface area contributed by atoms with Gasteiger partial charge in [-0.1, -0.05) is 43.2 Å². The lowest BCUT2D eigenvalue weighted by molar-refractivity contribution is -0.164. The summed E-state index contributed by atoms with van der Waals surface area (Å²) in [6.45, 7) is 15.0. The zero-order valence-electron chi connectivity index (χ0n) is 28.0. The van der Waals surface area contributed by atoms with Crippen LogP contribution < -0.4 is 15.0 Å². The number of hydrogen-bond acceptors (Lipinski definition) is 8. The first-order valence-corrected chi connectivity index (χ1v) is 16.0. The summed E-state index contributed by atoms with van der Waals surface area (Å²) in [6.07, 6.45) is 5.69. The van der Waals surface area contributed by atoms with E-state index in [9.17, 15) is 4.79 Å². The molecule has 3 heterocycles. The Hall–Kier alpha value is -3.95. The van der Waals surface area contributed by atoms with Crippen molar-refractivity contribution in [2.45, 2.75) is 79.1 Å². The summed E-state index contributed by atoms with van der Waals surface area (Å²) in [5.74, 6) is 0.779. The van der Waals surface area contributed by atoms with E-state index in [2.05, 4.69) is 65.9 Å². The first-order chi connectivity index (χ1) is 21.6. The van der Waals surface area contributed by atoms with Gasteiger partial charge in [0.2, 0.25) is 5.95 Å². The van der Waals surface area contributed by atoms with E-state index < -0.39 is 17.7 Å². The van der Waals surface area contributed by atoms with Gasteiger partial charge in [-0.05, 0) is 77.3 Å². The minimum Gasteiger partial charge on any atom is -0.489 e. The predicted octanol–water partition coefficient (Wildman–Crippen LogP) is 6.84. The van der Waals surface area contributed by atoms with E-state index in [1.165, 1.54) is 18.4 Å². The van der Waals surface area contributed by atoms with Crippen LogP contribution in [0.1, 0.15) is 69.0 Å². The fourth-order valence-corrected chi connectivity index (χ4v) is 6.19. The van der Waals surface area contributed by atoms with Crippen LogP contribution in [0.4, 0.5) is 11.6 Å². The van der Waals surface area contributed by atoms with Crippen molar-refractivity contribution in [3.8, 4) is 16.9 Å². The molecule has 0 aliphatic carbocycles. The highest BCUT2D eigenvalue weighted by molar-refractivity contribution is 6.08. The molecule has 45 heavy (non-hydrogen) atoms. The molecule has 1 atom stereocenters. The number of rotatable bonds is 12. The number of carbonyl (C=O) groups excluding carboxylic acids is 1. The molecule has 0 bridgehead atoms. The monoisotopic (exact) mass is 613 g/mol. The van der Waals surface area contributed by atoms with Crippen LogP contribution in [0.2, 0.25) is 0 Å². The molecule has 0 radical (unpaired) electrons. The average molecular weight is 614 g/mol. The summed E-state index contributed by atoms with van der Waals surface area (Å²) in [5.41, 5.74) is 7.75. The quantitative estimate of drug-likeness (QED) is 0.137. The molecule has 9 heteroatoms. The normalized spacial score (nSPS) is 13.7. The van der Waals surface area contributed by atoms with Crippen LogP contribution in [0.3, 0.4) is 0 Å². The molecular weight excluding hydrogens is 566 g/mol. The van der Waals surface area contributed by atoms with Crippen molar-refractivity contribution in [1.82, 2.24) is 19.9 Å². The van der Waals surface area contributed by atoms with Gasteiger partial charge in [0.05, 0.1) is 36.3 Å². The first-order valence-electron chi connectivity index (χ1n) is 16.0. The van der Waals surface area contributed by atoms with Crippen LogP contribution in [0.15, 0.2) is 42.7 Å². The number of unbranched alkanes of at least 4 members (excludes halogenated alkanes) is 1. The van der Waals surface area contributed by atoms with E-state index in [-0.39, 0.29) is 0 Å². The summed E-state index contributed by atoms with van der Waals surface area (Å²) in [5, 5.41) is 4.17. The lowest BCUT2D eigenvalue weighted by Gasteiger charge is -2.35. The molecule has 2 aromatic carbocycles. The van der Waals surface area contributed by atoms with E-state index in [4.69, 9.17) is 24.2 Å². The number of aryl methyl sites for hydroxylation is 2. The molecule has 4 aromatic rings. The first kappa shape index (κ1) is 32.4. The largest absolute Gasteiger partial charge is 0.489 e. The van der Waals surface area contributed by atoms with Crippen molar-refractivity contribution < 1.29 is 19.0 Å². The SMILES string of the molecule is CCCCc1cc2c(-c3ccc(C)cc3)c([C@H](OC(C)(C)C)C(=O)OC)c(C)c3c2n1CCN3c1ncc(OCCNC)cn1. The van der Waals surface area contributed by atoms with Crippen molar-refractivity contribution in [3.05, 3.63) is 65.1 Å². The maximum atomic E-state index is 13.6. The molecule has 5 rings (SSSR count). The van der Waals surface area contributed by atoms with Crippen molar-refractivity contribution in [1.29, 1.82) is 0 Å². The fourth-order valence-electron chi connectivity index (χ4n) is 6.19. The number of carbonyl (C=O) groups is 1. The molecule has 1 aliphatic heterocycles. The number of nitrogens with one attached hydrogen (secondary N) is 1. The van der Waals surface area contributed by atoms with Crippen LogP contribution in [0, 0.1) is 13.8 Å². The molecule has 0 amide bonds. The highest BCUT2D eigenvalue weighted by atomic mass is 16.6. The highest BCUT2D eigenvalue weighted by Gasteiger charge is 2.37. The summed E-state index contributed by atoms with van der Waals surface area (Å²) in [4.78, 5) is 25.3. The van der Waals surface area contributed by atoms with Gasteiger partial charge in [0.15, 0.2) is 11.9 Å². The van der Waals surface area contributed by atoms with E-state index >= 15 is 0 Å². The van der Waals surface area contributed by atoms with Gasteiger partial charge < -0.3 is 29.0 Å². The van der Waals surface area contributed by atoms with Crippen molar-refractivity contribution in [2.75, 3.05) is 38.8 Å². The third-order valence-corrected chi connectivity index (χ3v) is 8.27. The minimum atomic E-state index is -0.943. The second-order valence-electron chi connectivity index (χ2n) is 12.7. The summed E-state index contributed by atoms with van der Waals surface area (Å²) >= 11 is 0. The van der Waals surface area contributed by atoms with Gasteiger partial charge in [-0.25, -0.2) is 14.8 Å². The average Bonchev–Trinajstić information content (AvgIpc) is 3.39. The molecule has 9 nitrogen and oxygen atoms in total. The van der Waals surface area contributed by atoms with E-state index in [1.54, 1.807) is 12.4 Å². The predicted molar refractivity (Wildman–Crippen MR) is 180 cm³/mol. The van der Waals surface area contributed by atoms with Crippen molar-refractivity contribution in [3.63, 3.8) is 0 Å². The van der Waals surface area contributed by atoms with Crippen LogP contribution in [-0.2, 0) is 27.2 Å². The number of esters is 1. The van der Waals surface area contributed by atoms with Crippen molar-refractivity contribution >= 4 is 28.5 Å². The molecule has 0 fully saturated rings. The van der Waals surface area contributed by atoms with Gasteiger partial charge in [0.1, 0.15) is 6.61 Å². The number of likely N-dealkylation sites (N-methyl/N-ethyl adjacent to an activating group) is 1. The molecule has 0 saturated carbocycles. The summed E-state index contributed by atoms with van der Waals surface area (Å²) < 4.78 is 20.2. The van der Waals surface area contributed by atoms with Gasteiger partial charge in [0, 0.05) is 36.3 Å². The molecule has 0 spiro atoms. The van der Waals surface area contributed by atoms with Crippen LogP contribution in [-0.4, -0.2) is 60.0 Å². The Kier molecular flexibility index (Phi) is 9.79. The smallest absolute Gasteiger partial charge is 0.339 e. The number of ether oxygens (including phenoxy) is 3. The van der Waals surface area contributed by atoms with Gasteiger partial charge in [-0.3, -0.25) is 0 Å². The Bertz CT molecular complexity index is 1640. The topological polar surface area (TPSA) is 90.7 Å². The van der Waals surface area contributed by atoms with E-state index in [1.807, 2.05) is 27.8 Å². The van der Waals surface area contributed by atoms with Gasteiger partial charge in [-0.15, -0.1) is 0 Å². The molecule has 1 aliphatic rings. The zero-order chi connectivity index (χ0) is 32.3. The second kappa shape index (κ2) is 13.6. The Morgan fingerprint density at radius 3 is 2.42 bits per heavy atom. The van der Waals surface area contributed by atoms with E-state index in [0.29, 0.717) is 24.8 Å². The molecule has 2 aromatic heterocycles. The summed E-state index contributed by atoms with van der Waals surface area (Å²) in [7, 11) is 3.31. The number of benzene rings is 2. The number of methoxy groups -OCH3 is 1. The Morgan fingerprint density at radius 2 is 1.80 bits per heavy atom. The Labute approximate surface area is 266 Å². The number of nitrogens with zero attached hydrogens (tertiary/aromatic N) is 4. The van der Waals surface area contributed by atoms with Gasteiger partial charge in [-0.2, -0.15) is 0 Å². The van der Waals surface area contributed by atoms with Crippen LogP contribution in [0.25, 0.3) is 22.0 Å². The molecule has 240 valence electrons. The second-order valence-corrected chi connectivity index (χ2v) is 12.7. The number of anilines is 2. The third kappa shape index (κ3) is 6.70. The van der Waals surface area contributed by atoms with Crippen LogP contribution in [0.5, 0.6) is 5.75 Å². The lowest BCUT2D eigenvalue weighted by atomic mass is 9.87. The maximum absolute atomic E-state index is 13.6. The molecule has 0 saturated heterocycles. The Morgan fingerprint density at radius 1 is 1.09 bits per heavy atom. The number of aromatic nitrogens is 3. The third-order valence-electron chi connectivity index (χ3n) is 8.27. The minimum absolute atomic E-state index is 0.430. The lowest BCUT2D eigenvalue weighted by Crippen LogP contribution is -2.32. The van der Waals surface area contributed by atoms with Crippen molar-refractivity contribution in [2.24, 2.45) is 0 Å². The molecular formula is C36H47N5O4. The zero-order valence-corrected chi connectivity index (χ0v) is 28.0. The fraction of sp³-hybridized carbons (Fsp3) is 0.472. The number of hydrogen-bond donors (Lipinski definition) is 1. The molecule has 1 N–H and O–H groups in total. The van der Waals surface area contributed by atoms with Gasteiger partial charge >= 0.3 is 5.97 Å². The summed E-state index contributed by atoms with van der Waals surface area (Å²) in [6, 6.07) is 10.8. The Balaban J connectivity index is 1.81. The maximum Gasteiger partial charge on any atom is 0.339 e. The highest BCUT2D eigenvalue weighted by Crippen LogP contribution is 2.49. The standard InChI is InChI=1S/C36H47N5O4/c1-9-10-11-26-20-28-30(25-14-12-23(2)13-15-25)29(33(34(42)43-8)45-36(4,5)6)24(3)31-32(28)40(26)17-18-41(31)35-38-21-27(22-39-35)44-19-16-37-7/h12-15,20-22,33,37H,9-11,16-19H2,1-8H3/t33-/m0/s1. The van der Waals surface area contributed by atoms with Crippen LogP contribution >= 0.6 is 0 Å². The van der Waals surface area contributed by atoms with Gasteiger partial charge in [0.25, 0.3) is 0 Å².